The maximum absolute atomic E-state index is 11.9. The van der Waals surface area contributed by atoms with Crippen molar-refractivity contribution in [1.29, 1.82) is 0 Å². The van der Waals surface area contributed by atoms with Crippen molar-refractivity contribution >= 4 is 11.6 Å². The van der Waals surface area contributed by atoms with Gasteiger partial charge in [0.05, 0.1) is 0 Å². The maximum atomic E-state index is 11.9. The van der Waals surface area contributed by atoms with Crippen molar-refractivity contribution in [3.63, 3.8) is 0 Å². The Morgan fingerprint density at radius 3 is 1.59 bits per heavy atom. The zero-order valence-electron chi connectivity index (χ0n) is 17.6. The van der Waals surface area contributed by atoms with E-state index < -0.39 is 0 Å². The lowest BCUT2D eigenvalue weighted by molar-refractivity contribution is -0.115. The molecule has 0 fully saturated rings. The molecule has 0 saturated carbocycles. The van der Waals surface area contributed by atoms with Gasteiger partial charge in [0.15, 0.2) is 11.6 Å². The van der Waals surface area contributed by atoms with Gasteiger partial charge in [0.25, 0.3) is 0 Å². The normalized spacial score (nSPS) is 13.4. The zero-order chi connectivity index (χ0) is 21.0. The molecule has 0 spiro atoms. The lowest BCUT2D eigenvalue weighted by atomic mass is 9.70. The fraction of sp³-hybridized carbons (Fsp3) is 0.333. The molecule has 0 atom stereocenters. The summed E-state index contributed by atoms with van der Waals surface area (Å²) in [6, 6.07) is 13.4. The summed E-state index contributed by atoms with van der Waals surface area (Å²) in [5.74, 6) is 0.183. The summed E-state index contributed by atoms with van der Waals surface area (Å²) in [6.45, 7) is 11.5. The molecule has 1 aliphatic carbocycles. The highest BCUT2D eigenvalue weighted by Gasteiger charge is 2.42. The third-order valence-electron chi connectivity index (χ3n) is 6.18. The molecule has 29 heavy (non-hydrogen) atoms. The van der Waals surface area contributed by atoms with Gasteiger partial charge in [-0.15, -0.1) is 0 Å². The van der Waals surface area contributed by atoms with Crippen LogP contribution >= 0.6 is 0 Å². The van der Waals surface area contributed by atoms with E-state index >= 15 is 0 Å². The first-order valence-electron chi connectivity index (χ1n) is 10.4. The molecule has 0 amide bonds. The average molecular weight is 387 g/mol. The molecule has 2 nitrogen and oxygen atoms in total. The summed E-state index contributed by atoms with van der Waals surface area (Å²) in [5.41, 5.74) is 7.58. The van der Waals surface area contributed by atoms with Gasteiger partial charge in [0, 0.05) is 18.3 Å². The van der Waals surface area contributed by atoms with Crippen LogP contribution in [0.2, 0.25) is 0 Å². The number of hydrogen-bond acceptors (Lipinski definition) is 2. The summed E-state index contributed by atoms with van der Waals surface area (Å²) >= 11 is 0. The third kappa shape index (κ3) is 4.17. The molecule has 2 heteroatoms. The molecular weight excluding hydrogens is 356 g/mol. The van der Waals surface area contributed by atoms with Crippen molar-refractivity contribution in [2.24, 2.45) is 0 Å². The standard InChI is InChI=1S/C27H30O2/c1-5-21(28)9-7-15-27(16-8-10-22(29)6-2)25-17-19(3)11-13-23(25)24-14-12-20(4)18-26(24)27/h5-6,11-14,17-18H,1-2,7-10,15-16H2,3-4H3. The van der Waals surface area contributed by atoms with Crippen molar-refractivity contribution < 1.29 is 9.59 Å². The topological polar surface area (TPSA) is 34.1 Å². The number of allylic oxidation sites excluding steroid dienone is 2. The summed E-state index contributed by atoms with van der Waals surface area (Å²) in [7, 11) is 0. The molecular formula is C27H30O2. The number of benzene rings is 2. The molecule has 0 heterocycles. The Labute approximate surface area is 174 Å². The highest BCUT2D eigenvalue weighted by Crippen LogP contribution is 2.54. The summed E-state index contributed by atoms with van der Waals surface area (Å²) in [4.78, 5) is 23.7. The van der Waals surface area contributed by atoms with E-state index in [0.29, 0.717) is 12.8 Å². The number of ketones is 2. The molecule has 0 radical (unpaired) electrons. The maximum Gasteiger partial charge on any atom is 0.155 e. The van der Waals surface area contributed by atoms with Crippen LogP contribution in [-0.2, 0) is 15.0 Å². The molecule has 0 N–H and O–H groups in total. The number of hydrogen-bond donors (Lipinski definition) is 0. The molecule has 0 aliphatic heterocycles. The molecule has 0 aromatic heterocycles. The van der Waals surface area contributed by atoms with Gasteiger partial charge >= 0.3 is 0 Å². The minimum absolute atomic E-state index is 0.0916. The Morgan fingerprint density at radius 1 is 0.793 bits per heavy atom. The minimum atomic E-state index is -0.161. The molecule has 0 unspecified atom stereocenters. The van der Waals surface area contributed by atoms with Crippen LogP contribution in [0, 0.1) is 13.8 Å². The van der Waals surface area contributed by atoms with Crippen molar-refractivity contribution in [3.05, 3.63) is 84.0 Å². The van der Waals surface area contributed by atoms with Gasteiger partial charge in [-0.05, 0) is 73.9 Å². The number of carbonyl (C=O) groups excluding carboxylic acids is 2. The minimum Gasteiger partial charge on any atom is -0.295 e. The van der Waals surface area contributed by atoms with Crippen LogP contribution in [-0.4, -0.2) is 11.6 Å². The molecule has 0 saturated heterocycles. The van der Waals surface area contributed by atoms with Crippen LogP contribution in [0.4, 0.5) is 0 Å². The smallest absolute Gasteiger partial charge is 0.155 e. The Balaban J connectivity index is 2.06. The van der Waals surface area contributed by atoms with E-state index in [1.165, 1.54) is 45.5 Å². The number of aryl methyl sites for hydroxylation is 2. The first-order valence-corrected chi connectivity index (χ1v) is 10.4. The summed E-state index contributed by atoms with van der Waals surface area (Å²) in [5, 5.41) is 0. The highest BCUT2D eigenvalue weighted by atomic mass is 16.1. The van der Waals surface area contributed by atoms with Crippen LogP contribution < -0.4 is 0 Å². The quantitative estimate of drug-likeness (QED) is 0.441. The lowest BCUT2D eigenvalue weighted by Crippen LogP contribution is -2.26. The first kappa shape index (κ1) is 21.0. The lowest BCUT2D eigenvalue weighted by Gasteiger charge is -2.33. The van der Waals surface area contributed by atoms with Crippen molar-refractivity contribution in [2.45, 2.75) is 57.8 Å². The Kier molecular flexibility index (Phi) is 6.32. The van der Waals surface area contributed by atoms with Crippen LogP contribution in [0.3, 0.4) is 0 Å². The second-order valence-electron chi connectivity index (χ2n) is 8.23. The van der Waals surface area contributed by atoms with E-state index in [1.54, 1.807) is 0 Å². The van der Waals surface area contributed by atoms with Gasteiger partial charge in [-0.25, -0.2) is 0 Å². The number of rotatable bonds is 10. The molecule has 2 aromatic rings. The monoisotopic (exact) mass is 386 g/mol. The van der Waals surface area contributed by atoms with Crippen LogP contribution in [0.25, 0.3) is 11.1 Å². The molecule has 2 aromatic carbocycles. The van der Waals surface area contributed by atoms with Gasteiger partial charge in [-0.1, -0.05) is 60.7 Å². The molecule has 0 bridgehead atoms. The number of fused-ring (bicyclic) bond motifs is 3. The van der Waals surface area contributed by atoms with E-state index in [4.69, 9.17) is 0 Å². The van der Waals surface area contributed by atoms with E-state index in [9.17, 15) is 9.59 Å². The van der Waals surface area contributed by atoms with Gasteiger partial charge in [0.1, 0.15) is 0 Å². The van der Waals surface area contributed by atoms with E-state index in [-0.39, 0.29) is 17.0 Å². The van der Waals surface area contributed by atoms with E-state index in [0.717, 1.165) is 25.7 Å². The van der Waals surface area contributed by atoms with E-state index in [2.05, 4.69) is 63.4 Å². The van der Waals surface area contributed by atoms with Crippen LogP contribution in [0.1, 0.15) is 60.8 Å². The largest absolute Gasteiger partial charge is 0.295 e. The fourth-order valence-corrected chi connectivity index (χ4v) is 4.72. The van der Waals surface area contributed by atoms with E-state index in [1.807, 2.05) is 0 Å². The molecule has 150 valence electrons. The zero-order valence-corrected chi connectivity index (χ0v) is 17.6. The van der Waals surface area contributed by atoms with Gasteiger partial charge in [-0.3, -0.25) is 9.59 Å². The average Bonchev–Trinajstić information content (AvgIpc) is 2.96. The van der Waals surface area contributed by atoms with Gasteiger partial charge in [0.2, 0.25) is 0 Å². The predicted octanol–water partition coefficient (Wildman–Crippen LogP) is 6.42. The Bertz CT molecular complexity index is 885. The summed E-state index contributed by atoms with van der Waals surface area (Å²) < 4.78 is 0. The molecule has 3 rings (SSSR count). The predicted molar refractivity (Wildman–Crippen MR) is 120 cm³/mol. The van der Waals surface area contributed by atoms with Gasteiger partial charge in [-0.2, -0.15) is 0 Å². The van der Waals surface area contributed by atoms with Crippen molar-refractivity contribution in [1.82, 2.24) is 0 Å². The SMILES string of the molecule is C=CC(=O)CCCC1(CCCC(=O)C=C)c2cc(C)ccc2-c2ccc(C)cc21. The Morgan fingerprint density at radius 2 is 1.21 bits per heavy atom. The van der Waals surface area contributed by atoms with Crippen LogP contribution in [0.5, 0.6) is 0 Å². The van der Waals surface area contributed by atoms with Gasteiger partial charge < -0.3 is 0 Å². The Hall–Kier alpha value is -2.74. The van der Waals surface area contributed by atoms with Crippen molar-refractivity contribution in [3.8, 4) is 11.1 Å². The third-order valence-corrected chi connectivity index (χ3v) is 6.18. The van der Waals surface area contributed by atoms with Crippen molar-refractivity contribution in [2.75, 3.05) is 0 Å². The fourth-order valence-electron chi connectivity index (χ4n) is 4.72. The first-order chi connectivity index (χ1) is 13.9. The second kappa shape index (κ2) is 8.73. The second-order valence-corrected chi connectivity index (χ2v) is 8.23. The van der Waals surface area contributed by atoms with Crippen LogP contribution in [0.15, 0.2) is 61.7 Å². The highest BCUT2D eigenvalue weighted by molar-refractivity contribution is 5.89. The number of carbonyl (C=O) groups is 2. The summed E-state index contributed by atoms with van der Waals surface area (Å²) in [6.07, 6.45) is 7.25. The molecule has 1 aliphatic rings.